The van der Waals surface area contributed by atoms with Crippen molar-refractivity contribution in [1.29, 1.82) is 0 Å². The maximum Gasteiger partial charge on any atom is 0.330 e. The molecule has 0 spiro atoms. The Bertz CT molecular complexity index is 505. The number of carbonyl (C=O) groups is 1. The molecule has 0 aliphatic carbocycles. The van der Waals surface area contributed by atoms with Crippen LogP contribution in [-0.2, 0) is 4.79 Å². The van der Waals surface area contributed by atoms with Gasteiger partial charge in [-0.3, -0.25) is 0 Å². The van der Waals surface area contributed by atoms with Crippen LogP contribution < -0.4 is 0 Å². The van der Waals surface area contributed by atoms with Crippen LogP contribution in [0.2, 0.25) is 0 Å². The summed E-state index contributed by atoms with van der Waals surface area (Å²) in [6.45, 7) is 6.03. The fourth-order valence-electron chi connectivity index (χ4n) is 3.28. The van der Waals surface area contributed by atoms with Crippen molar-refractivity contribution in [1.82, 2.24) is 0 Å². The summed E-state index contributed by atoms with van der Waals surface area (Å²) >= 11 is 0. The molecule has 0 fully saturated rings. The summed E-state index contributed by atoms with van der Waals surface area (Å²) in [5, 5.41) is 8.73. The molecular formula is C27H46O2. The number of benzene rings is 1. The molecule has 0 radical (unpaired) electrons. The van der Waals surface area contributed by atoms with Crippen LogP contribution in [0, 0.1) is 6.92 Å². The van der Waals surface area contributed by atoms with Gasteiger partial charge < -0.3 is 5.11 Å². The largest absolute Gasteiger partial charge is 0.478 e. The Labute approximate surface area is 180 Å². The Morgan fingerprint density at radius 3 is 1.52 bits per heavy atom. The van der Waals surface area contributed by atoms with E-state index in [4.69, 9.17) is 5.11 Å². The van der Waals surface area contributed by atoms with Crippen LogP contribution in [0.5, 0.6) is 0 Å². The Morgan fingerprint density at radius 1 is 0.759 bits per heavy atom. The number of aryl methyl sites for hydroxylation is 1. The molecule has 0 atom stereocenters. The van der Waals surface area contributed by atoms with Crippen LogP contribution in [0.15, 0.2) is 42.0 Å². The predicted octanol–water partition coefficient (Wildman–Crippen LogP) is 8.88. The molecule has 0 aliphatic heterocycles. The number of allylic oxidation sites excluding steroid dienone is 1. The van der Waals surface area contributed by atoms with Gasteiger partial charge in [-0.25, -0.2) is 4.79 Å². The van der Waals surface area contributed by atoms with Crippen LogP contribution in [-0.4, -0.2) is 11.1 Å². The third-order valence-electron chi connectivity index (χ3n) is 5.29. The molecule has 1 N–H and O–H groups in total. The molecule has 0 aliphatic rings. The second kappa shape index (κ2) is 21.1. The van der Waals surface area contributed by atoms with E-state index in [0.717, 1.165) is 12.8 Å². The smallest absolute Gasteiger partial charge is 0.330 e. The molecule has 0 bridgehead atoms. The first-order valence-corrected chi connectivity index (χ1v) is 12.0. The zero-order chi connectivity index (χ0) is 21.6. The molecule has 1 rings (SSSR count). The molecule has 2 nitrogen and oxygen atoms in total. The lowest BCUT2D eigenvalue weighted by atomic mass is 10.0. The second-order valence-electron chi connectivity index (χ2n) is 8.23. The molecule has 2 heteroatoms. The minimum atomic E-state index is -0.787. The third kappa shape index (κ3) is 21.0. The highest BCUT2D eigenvalue weighted by atomic mass is 16.4. The SMILES string of the molecule is CCCCCCCCCCCCCCCCC=C(C)C(=O)O.Cc1ccccc1. The molecule has 166 valence electrons. The van der Waals surface area contributed by atoms with E-state index in [1.54, 1.807) is 6.92 Å². The molecule has 0 saturated heterocycles. The first kappa shape index (κ1) is 27.4. The number of hydrogen-bond acceptors (Lipinski definition) is 1. The summed E-state index contributed by atoms with van der Waals surface area (Å²) < 4.78 is 0. The van der Waals surface area contributed by atoms with Gasteiger partial charge in [-0.05, 0) is 26.7 Å². The standard InChI is InChI=1S/C20H38O2.C7H8/c1-3-4-5-6-7-8-9-10-11-12-13-14-15-16-17-18-19(2)20(21)22;1-7-5-3-2-4-6-7/h18H,3-17H2,1-2H3,(H,21,22);2-6H,1H3. The van der Waals surface area contributed by atoms with Gasteiger partial charge in [-0.15, -0.1) is 0 Å². The lowest BCUT2D eigenvalue weighted by molar-refractivity contribution is -0.132. The molecule has 0 unspecified atom stereocenters. The van der Waals surface area contributed by atoms with Crippen molar-refractivity contribution in [2.24, 2.45) is 0 Å². The van der Waals surface area contributed by atoms with Gasteiger partial charge in [-0.2, -0.15) is 0 Å². The molecule has 0 saturated carbocycles. The minimum Gasteiger partial charge on any atom is -0.478 e. The van der Waals surface area contributed by atoms with Gasteiger partial charge >= 0.3 is 5.97 Å². The van der Waals surface area contributed by atoms with Crippen LogP contribution in [0.1, 0.15) is 116 Å². The first-order valence-electron chi connectivity index (χ1n) is 12.0. The first-order chi connectivity index (χ1) is 14.1. The third-order valence-corrected chi connectivity index (χ3v) is 5.29. The summed E-state index contributed by atoms with van der Waals surface area (Å²) in [6, 6.07) is 10.3. The van der Waals surface area contributed by atoms with Crippen LogP contribution in [0.4, 0.5) is 0 Å². The van der Waals surface area contributed by atoms with Gasteiger partial charge in [0.05, 0.1) is 0 Å². The average Bonchev–Trinajstić information content (AvgIpc) is 2.71. The molecule has 1 aromatic rings. The normalized spacial score (nSPS) is 11.1. The molecule has 0 aromatic heterocycles. The Hall–Kier alpha value is -1.57. The number of carboxylic acid groups (broad SMARTS) is 1. The maximum atomic E-state index is 10.6. The van der Waals surface area contributed by atoms with Crippen LogP contribution >= 0.6 is 0 Å². The highest BCUT2D eigenvalue weighted by Crippen LogP contribution is 2.13. The quantitative estimate of drug-likeness (QED) is 0.221. The number of unbranched alkanes of at least 4 members (excludes halogenated alkanes) is 14. The van der Waals surface area contributed by atoms with Gasteiger partial charge in [0.25, 0.3) is 0 Å². The van der Waals surface area contributed by atoms with E-state index < -0.39 is 5.97 Å². The summed E-state index contributed by atoms with van der Waals surface area (Å²) in [4.78, 5) is 10.6. The zero-order valence-corrected chi connectivity index (χ0v) is 19.4. The molecule has 0 heterocycles. The van der Waals surface area contributed by atoms with E-state index in [9.17, 15) is 4.79 Å². The average molecular weight is 403 g/mol. The monoisotopic (exact) mass is 402 g/mol. The molecule has 0 amide bonds. The predicted molar refractivity (Wildman–Crippen MR) is 128 cm³/mol. The van der Waals surface area contributed by atoms with E-state index in [-0.39, 0.29) is 0 Å². The Morgan fingerprint density at radius 2 is 1.17 bits per heavy atom. The lowest BCUT2D eigenvalue weighted by Crippen LogP contribution is -1.95. The minimum absolute atomic E-state index is 0.481. The summed E-state index contributed by atoms with van der Waals surface area (Å²) in [7, 11) is 0. The fraction of sp³-hybridized carbons (Fsp3) is 0.667. The van der Waals surface area contributed by atoms with Crippen molar-refractivity contribution in [3.05, 3.63) is 47.5 Å². The van der Waals surface area contributed by atoms with Gasteiger partial charge in [0.1, 0.15) is 0 Å². The van der Waals surface area contributed by atoms with Gasteiger partial charge in [0.2, 0.25) is 0 Å². The zero-order valence-electron chi connectivity index (χ0n) is 19.4. The van der Waals surface area contributed by atoms with Gasteiger partial charge in [0, 0.05) is 5.57 Å². The lowest BCUT2D eigenvalue weighted by Gasteiger charge is -2.03. The van der Waals surface area contributed by atoms with E-state index in [0.29, 0.717) is 5.57 Å². The molecule has 29 heavy (non-hydrogen) atoms. The van der Waals surface area contributed by atoms with Gasteiger partial charge in [-0.1, -0.05) is 132 Å². The van der Waals surface area contributed by atoms with Crippen molar-refractivity contribution >= 4 is 5.97 Å². The Kier molecular flexibility index (Phi) is 20.0. The number of hydrogen-bond donors (Lipinski definition) is 1. The summed E-state index contributed by atoms with van der Waals surface area (Å²) in [6.07, 6.45) is 21.9. The number of carboxylic acids is 1. The number of rotatable bonds is 16. The summed E-state index contributed by atoms with van der Waals surface area (Å²) in [5.41, 5.74) is 1.80. The van der Waals surface area contributed by atoms with Crippen molar-refractivity contribution in [2.75, 3.05) is 0 Å². The Balaban J connectivity index is 0.000000929. The summed E-state index contributed by atoms with van der Waals surface area (Å²) in [5.74, 6) is -0.787. The fourth-order valence-corrected chi connectivity index (χ4v) is 3.28. The maximum absolute atomic E-state index is 10.6. The van der Waals surface area contributed by atoms with E-state index in [1.165, 1.54) is 89.0 Å². The van der Waals surface area contributed by atoms with Crippen LogP contribution in [0.3, 0.4) is 0 Å². The molecule has 1 aromatic carbocycles. The van der Waals surface area contributed by atoms with Crippen molar-refractivity contribution in [3.8, 4) is 0 Å². The van der Waals surface area contributed by atoms with E-state index in [2.05, 4.69) is 26.0 Å². The molecular weight excluding hydrogens is 356 g/mol. The van der Waals surface area contributed by atoms with Crippen molar-refractivity contribution in [2.45, 2.75) is 117 Å². The van der Waals surface area contributed by atoms with Crippen molar-refractivity contribution < 1.29 is 9.90 Å². The van der Waals surface area contributed by atoms with E-state index >= 15 is 0 Å². The topological polar surface area (TPSA) is 37.3 Å². The van der Waals surface area contributed by atoms with Gasteiger partial charge in [0.15, 0.2) is 0 Å². The van der Waals surface area contributed by atoms with E-state index in [1.807, 2.05) is 24.3 Å². The number of aliphatic carboxylic acids is 1. The van der Waals surface area contributed by atoms with Crippen LogP contribution in [0.25, 0.3) is 0 Å². The highest BCUT2D eigenvalue weighted by molar-refractivity contribution is 5.85. The second-order valence-corrected chi connectivity index (χ2v) is 8.23. The highest BCUT2D eigenvalue weighted by Gasteiger charge is 1.98. The van der Waals surface area contributed by atoms with Crippen molar-refractivity contribution in [3.63, 3.8) is 0 Å².